The van der Waals surface area contributed by atoms with E-state index in [1.807, 2.05) is 19.0 Å². The Morgan fingerprint density at radius 1 is 0.971 bits per heavy atom. The molecule has 2 fully saturated rings. The number of aliphatic hydroxyl groups excluding tert-OH is 7. The quantitative estimate of drug-likeness (QED) is 0.193. The van der Waals surface area contributed by atoms with Gasteiger partial charge < -0.3 is 55.4 Å². The molecule has 1 aliphatic carbocycles. The van der Waals surface area contributed by atoms with Crippen LogP contribution in [-0.2, 0) is 9.47 Å². The molecule has 1 amide bonds. The Balaban J connectivity index is 1.80. The van der Waals surface area contributed by atoms with E-state index in [0.717, 1.165) is 5.69 Å². The fraction of sp³-hybridized carbons (Fsp3) is 0.682. The number of benzene rings is 1. The second kappa shape index (κ2) is 11.2. The number of nitrogens with one attached hydrogen (secondary N) is 1. The van der Waals surface area contributed by atoms with Gasteiger partial charge in [-0.15, -0.1) is 0 Å². The molecule has 10 atom stereocenters. The molecule has 0 radical (unpaired) electrons. The molecule has 0 spiro atoms. The Hall–Kier alpha value is -1.87. The van der Waals surface area contributed by atoms with Crippen molar-refractivity contribution in [1.29, 1.82) is 0 Å². The Kier molecular flexibility index (Phi) is 8.84. The molecular weight excluding hydrogens is 452 g/mol. The van der Waals surface area contributed by atoms with Crippen LogP contribution >= 0.6 is 0 Å². The van der Waals surface area contributed by atoms with Crippen LogP contribution < -0.4 is 10.2 Å². The van der Waals surface area contributed by atoms with E-state index in [9.17, 15) is 40.5 Å². The van der Waals surface area contributed by atoms with Crippen LogP contribution in [0.1, 0.15) is 16.8 Å². The first-order valence-electron chi connectivity index (χ1n) is 11.1. The van der Waals surface area contributed by atoms with Gasteiger partial charge in [-0.1, -0.05) is 0 Å². The number of hydrogen-bond acceptors (Lipinski definition) is 11. The Bertz CT molecular complexity index is 807. The topological polar surface area (TPSA) is 192 Å². The molecule has 1 aliphatic heterocycles. The number of hydrogen-bond donors (Lipinski definition) is 8. The largest absolute Gasteiger partial charge is 0.396 e. The number of aliphatic hydroxyl groups is 7. The number of ether oxygens (including phenoxy) is 2. The molecule has 34 heavy (non-hydrogen) atoms. The van der Waals surface area contributed by atoms with Gasteiger partial charge in [-0.2, -0.15) is 0 Å². The van der Waals surface area contributed by atoms with Gasteiger partial charge in [-0.05, 0) is 30.7 Å². The molecule has 12 nitrogen and oxygen atoms in total. The van der Waals surface area contributed by atoms with Gasteiger partial charge in [0.25, 0.3) is 5.91 Å². The third kappa shape index (κ3) is 5.51. The zero-order chi connectivity index (χ0) is 25.2. The molecular formula is C22H34N2O10. The SMILES string of the molecule is CN(C)c1ccc(C(=O)N[C@H]2[C@@H](OC3C[C@H](CO)[C@@H](O)[C@@H](O)[C@H]3O)O[C@H](CO)[C@@H](O)[C@@H]2O)cc1. The molecule has 1 saturated carbocycles. The zero-order valence-electron chi connectivity index (χ0n) is 19.0. The van der Waals surface area contributed by atoms with Crippen molar-refractivity contribution in [1.82, 2.24) is 5.32 Å². The molecule has 192 valence electrons. The number of amides is 1. The van der Waals surface area contributed by atoms with E-state index < -0.39 is 80.1 Å². The maximum atomic E-state index is 12.9. The highest BCUT2D eigenvalue weighted by Crippen LogP contribution is 2.31. The molecule has 8 N–H and O–H groups in total. The van der Waals surface area contributed by atoms with E-state index >= 15 is 0 Å². The minimum Gasteiger partial charge on any atom is -0.396 e. The van der Waals surface area contributed by atoms with Crippen molar-refractivity contribution in [2.45, 2.75) is 61.5 Å². The van der Waals surface area contributed by atoms with Crippen LogP contribution in [0.3, 0.4) is 0 Å². The molecule has 1 aromatic rings. The molecule has 1 heterocycles. The van der Waals surface area contributed by atoms with E-state index in [4.69, 9.17) is 9.47 Å². The van der Waals surface area contributed by atoms with Crippen LogP contribution in [0.2, 0.25) is 0 Å². The minimum absolute atomic E-state index is 0.0507. The zero-order valence-corrected chi connectivity index (χ0v) is 19.0. The summed E-state index contributed by atoms with van der Waals surface area (Å²) in [6.07, 6.45) is -11.5. The summed E-state index contributed by atoms with van der Waals surface area (Å²) < 4.78 is 11.4. The smallest absolute Gasteiger partial charge is 0.251 e. The summed E-state index contributed by atoms with van der Waals surface area (Å²) in [6.45, 7) is -1.13. The van der Waals surface area contributed by atoms with Crippen LogP contribution in [0.15, 0.2) is 24.3 Å². The first-order valence-corrected chi connectivity index (χ1v) is 11.1. The van der Waals surface area contributed by atoms with Crippen molar-refractivity contribution < 1.29 is 50.0 Å². The number of nitrogens with zero attached hydrogens (tertiary/aromatic N) is 1. The van der Waals surface area contributed by atoms with Crippen molar-refractivity contribution in [3.63, 3.8) is 0 Å². The lowest BCUT2D eigenvalue weighted by Crippen LogP contribution is -2.66. The van der Waals surface area contributed by atoms with Crippen LogP contribution in [0, 0.1) is 5.92 Å². The van der Waals surface area contributed by atoms with Gasteiger partial charge >= 0.3 is 0 Å². The molecule has 12 heteroatoms. The summed E-state index contributed by atoms with van der Waals surface area (Å²) >= 11 is 0. The third-order valence-corrected chi connectivity index (χ3v) is 6.47. The van der Waals surface area contributed by atoms with Crippen molar-refractivity contribution in [2.24, 2.45) is 5.92 Å². The highest BCUT2D eigenvalue weighted by Gasteiger charge is 2.49. The number of anilines is 1. The maximum Gasteiger partial charge on any atom is 0.251 e. The van der Waals surface area contributed by atoms with E-state index in [2.05, 4.69) is 5.32 Å². The molecule has 0 aromatic heterocycles. The molecule has 1 saturated heterocycles. The first kappa shape index (κ1) is 26.7. The molecule has 1 unspecified atom stereocenters. The average Bonchev–Trinajstić information content (AvgIpc) is 2.83. The summed E-state index contributed by atoms with van der Waals surface area (Å²) in [6, 6.07) is 5.32. The normalized spacial score (nSPS) is 38.4. The summed E-state index contributed by atoms with van der Waals surface area (Å²) in [7, 11) is 3.70. The fourth-order valence-electron chi connectivity index (χ4n) is 4.27. The van der Waals surface area contributed by atoms with Crippen molar-refractivity contribution >= 4 is 11.6 Å². The Morgan fingerprint density at radius 2 is 1.62 bits per heavy atom. The number of rotatable bonds is 7. The summed E-state index contributed by atoms with van der Waals surface area (Å²) in [5.74, 6) is -1.38. The molecule has 3 rings (SSSR count). The van der Waals surface area contributed by atoms with E-state index in [1.54, 1.807) is 24.3 Å². The Labute approximate surface area is 197 Å². The standard InChI is InChI=1S/C22H34N2O10/c1-24(2)12-5-3-10(4-6-12)21(32)23-15-19(30)18(29)14(9-26)34-22(15)33-13-7-11(8-25)16(27)20(31)17(13)28/h3-6,11,13-20,22,25-31H,7-9H2,1-2H3,(H,23,32)/t11-,13?,14-,15-,16-,17+,18-,19-,20-,22+/m1/s1. The second-order valence-electron chi connectivity index (χ2n) is 8.97. The summed E-state index contributed by atoms with van der Waals surface area (Å²) in [4.78, 5) is 14.7. The van der Waals surface area contributed by atoms with Crippen LogP contribution in [0.5, 0.6) is 0 Å². The van der Waals surface area contributed by atoms with Gasteiger partial charge in [0, 0.05) is 37.9 Å². The van der Waals surface area contributed by atoms with Crippen molar-refractivity contribution in [2.75, 3.05) is 32.2 Å². The third-order valence-electron chi connectivity index (χ3n) is 6.47. The summed E-state index contributed by atoms with van der Waals surface area (Å²) in [5, 5.41) is 73.1. The highest BCUT2D eigenvalue weighted by atomic mass is 16.7. The lowest BCUT2D eigenvalue weighted by atomic mass is 9.81. The Morgan fingerprint density at radius 3 is 2.18 bits per heavy atom. The lowest BCUT2D eigenvalue weighted by molar-refractivity contribution is -0.301. The van der Waals surface area contributed by atoms with Gasteiger partial charge in [0.05, 0.1) is 18.8 Å². The predicted molar refractivity (Wildman–Crippen MR) is 118 cm³/mol. The molecule has 0 bridgehead atoms. The lowest BCUT2D eigenvalue weighted by Gasteiger charge is -2.46. The minimum atomic E-state index is -1.60. The number of carbonyl (C=O) groups excluding carboxylic acids is 1. The second-order valence-corrected chi connectivity index (χ2v) is 8.97. The van der Waals surface area contributed by atoms with Crippen LogP contribution in [-0.4, -0.2) is 124 Å². The highest BCUT2D eigenvalue weighted by molar-refractivity contribution is 5.94. The van der Waals surface area contributed by atoms with E-state index in [-0.39, 0.29) is 12.0 Å². The fourth-order valence-corrected chi connectivity index (χ4v) is 4.27. The van der Waals surface area contributed by atoms with Gasteiger partial charge in [0.2, 0.25) is 0 Å². The number of carbonyl (C=O) groups is 1. The summed E-state index contributed by atoms with van der Waals surface area (Å²) in [5.41, 5.74) is 1.14. The van der Waals surface area contributed by atoms with Crippen LogP contribution in [0.4, 0.5) is 5.69 Å². The van der Waals surface area contributed by atoms with Gasteiger partial charge in [0.15, 0.2) is 6.29 Å². The van der Waals surface area contributed by atoms with E-state index in [1.165, 1.54) is 0 Å². The van der Waals surface area contributed by atoms with Crippen LogP contribution in [0.25, 0.3) is 0 Å². The molecule has 1 aromatic carbocycles. The van der Waals surface area contributed by atoms with Crippen molar-refractivity contribution in [3.8, 4) is 0 Å². The average molecular weight is 487 g/mol. The van der Waals surface area contributed by atoms with Gasteiger partial charge in [0.1, 0.15) is 36.6 Å². The molecule has 2 aliphatic rings. The van der Waals surface area contributed by atoms with Gasteiger partial charge in [-0.3, -0.25) is 4.79 Å². The first-order chi connectivity index (χ1) is 16.1. The maximum absolute atomic E-state index is 12.9. The predicted octanol–water partition coefficient (Wildman–Crippen LogP) is -3.23. The van der Waals surface area contributed by atoms with Gasteiger partial charge in [-0.25, -0.2) is 0 Å². The van der Waals surface area contributed by atoms with E-state index in [0.29, 0.717) is 0 Å². The monoisotopic (exact) mass is 486 g/mol. The van der Waals surface area contributed by atoms with Crippen molar-refractivity contribution in [3.05, 3.63) is 29.8 Å².